The van der Waals surface area contributed by atoms with Crippen molar-refractivity contribution in [1.29, 1.82) is 0 Å². The Kier molecular flexibility index (Phi) is 2.89. The topological polar surface area (TPSA) is 67.8 Å². The highest BCUT2D eigenvalue weighted by atomic mass is 35.5. The summed E-state index contributed by atoms with van der Waals surface area (Å²) < 4.78 is 0. The quantitative estimate of drug-likeness (QED) is 0.870. The van der Waals surface area contributed by atoms with Gasteiger partial charge in [0.15, 0.2) is 5.82 Å². The molecule has 0 aliphatic carbocycles. The Morgan fingerprint density at radius 2 is 2.20 bits per heavy atom. The SMILES string of the molecule is O=C(Nc1cnc(Cl)cn1)c1cscn1. The summed E-state index contributed by atoms with van der Waals surface area (Å²) >= 11 is 6.90. The van der Waals surface area contributed by atoms with Gasteiger partial charge in [-0.25, -0.2) is 15.0 Å². The largest absolute Gasteiger partial charge is 0.304 e. The van der Waals surface area contributed by atoms with Gasteiger partial charge in [-0.05, 0) is 0 Å². The van der Waals surface area contributed by atoms with Crippen molar-refractivity contribution in [3.63, 3.8) is 0 Å². The molecule has 1 amide bonds. The molecule has 0 radical (unpaired) electrons. The van der Waals surface area contributed by atoms with E-state index in [0.717, 1.165) is 0 Å². The van der Waals surface area contributed by atoms with E-state index in [1.54, 1.807) is 10.9 Å². The van der Waals surface area contributed by atoms with Crippen LogP contribution in [0.1, 0.15) is 10.5 Å². The van der Waals surface area contributed by atoms with Crippen LogP contribution in [0.2, 0.25) is 5.15 Å². The lowest BCUT2D eigenvalue weighted by molar-refractivity contribution is 0.102. The third-order valence-corrected chi connectivity index (χ3v) is 2.31. The maximum atomic E-state index is 11.5. The molecule has 0 unspecified atom stereocenters. The van der Waals surface area contributed by atoms with Crippen molar-refractivity contribution in [2.75, 3.05) is 5.32 Å². The Morgan fingerprint density at radius 1 is 1.33 bits per heavy atom. The standard InChI is InChI=1S/C8H5ClN4OS/c9-6-1-11-7(2-10-6)13-8(14)5-3-15-4-12-5/h1-4H,(H,11,13,14). The zero-order chi connectivity index (χ0) is 10.7. The highest BCUT2D eigenvalue weighted by Gasteiger charge is 2.08. The molecule has 0 saturated carbocycles. The maximum Gasteiger partial charge on any atom is 0.276 e. The molecule has 76 valence electrons. The zero-order valence-corrected chi connectivity index (χ0v) is 8.92. The Bertz CT molecular complexity index is 456. The van der Waals surface area contributed by atoms with Crippen molar-refractivity contribution in [3.05, 3.63) is 34.1 Å². The van der Waals surface area contributed by atoms with Gasteiger partial charge in [-0.3, -0.25) is 4.79 Å². The lowest BCUT2D eigenvalue weighted by Gasteiger charge is -2.00. The lowest BCUT2D eigenvalue weighted by atomic mass is 10.4. The molecule has 2 aromatic rings. The second-order valence-electron chi connectivity index (χ2n) is 2.55. The predicted molar refractivity (Wildman–Crippen MR) is 57.1 cm³/mol. The van der Waals surface area contributed by atoms with Crippen LogP contribution in [0.3, 0.4) is 0 Å². The van der Waals surface area contributed by atoms with E-state index in [-0.39, 0.29) is 11.1 Å². The average molecular weight is 241 g/mol. The number of nitrogens with zero attached hydrogens (tertiary/aromatic N) is 3. The molecule has 7 heteroatoms. The minimum Gasteiger partial charge on any atom is -0.304 e. The number of rotatable bonds is 2. The van der Waals surface area contributed by atoms with E-state index in [4.69, 9.17) is 11.6 Å². The van der Waals surface area contributed by atoms with Gasteiger partial charge in [0.1, 0.15) is 10.8 Å². The van der Waals surface area contributed by atoms with Gasteiger partial charge in [0.25, 0.3) is 5.91 Å². The second-order valence-corrected chi connectivity index (χ2v) is 3.66. The first-order valence-electron chi connectivity index (χ1n) is 3.93. The fourth-order valence-electron chi connectivity index (χ4n) is 0.882. The summed E-state index contributed by atoms with van der Waals surface area (Å²) in [4.78, 5) is 23.0. The number of halogens is 1. The lowest BCUT2D eigenvalue weighted by Crippen LogP contribution is -2.13. The fourth-order valence-corrected chi connectivity index (χ4v) is 1.51. The first kappa shape index (κ1) is 10.0. The molecule has 2 rings (SSSR count). The van der Waals surface area contributed by atoms with Gasteiger partial charge in [0.05, 0.1) is 17.9 Å². The summed E-state index contributed by atoms with van der Waals surface area (Å²) in [5.41, 5.74) is 1.94. The Balaban J connectivity index is 2.09. The molecule has 2 heterocycles. The van der Waals surface area contributed by atoms with E-state index in [0.29, 0.717) is 11.5 Å². The summed E-state index contributed by atoms with van der Waals surface area (Å²) in [5.74, 6) is 0.0327. The summed E-state index contributed by atoms with van der Waals surface area (Å²) in [6, 6.07) is 0. The van der Waals surface area contributed by atoms with Crippen molar-refractivity contribution < 1.29 is 4.79 Å². The van der Waals surface area contributed by atoms with Crippen LogP contribution in [-0.2, 0) is 0 Å². The van der Waals surface area contributed by atoms with E-state index >= 15 is 0 Å². The summed E-state index contributed by atoms with van der Waals surface area (Å²) in [5, 5.41) is 4.48. The predicted octanol–water partition coefficient (Wildman–Crippen LogP) is 1.84. The highest BCUT2D eigenvalue weighted by Crippen LogP contribution is 2.07. The molecule has 0 atom stereocenters. The molecule has 1 N–H and O–H groups in total. The molecule has 15 heavy (non-hydrogen) atoms. The number of thiazole rings is 1. The van der Waals surface area contributed by atoms with Crippen molar-refractivity contribution in [2.24, 2.45) is 0 Å². The molecule has 0 aliphatic rings. The van der Waals surface area contributed by atoms with Crippen LogP contribution >= 0.6 is 22.9 Å². The molecular weight excluding hydrogens is 236 g/mol. The maximum absolute atomic E-state index is 11.5. The summed E-state index contributed by atoms with van der Waals surface area (Å²) in [6.45, 7) is 0. The van der Waals surface area contributed by atoms with Crippen LogP contribution in [0.4, 0.5) is 5.82 Å². The Labute approximate surface area is 94.2 Å². The fraction of sp³-hybridized carbons (Fsp3) is 0. The Hall–Kier alpha value is -1.53. The number of amides is 1. The zero-order valence-electron chi connectivity index (χ0n) is 7.35. The smallest absolute Gasteiger partial charge is 0.276 e. The molecule has 0 spiro atoms. The van der Waals surface area contributed by atoms with Gasteiger partial charge in [0.2, 0.25) is 0 Å². The van der Waals surface area contributed by atoms with Crippen molar-refractivity contribution in [3.8, 4) is 0 Å². The third-order valence-electron chi connectivity index (χ3n) is 1.53. The molecule has 0 aliphatic heterocycles. The molecule has 2 aromatic heterocycles. The number of carbonyl (C=O) groups excluding carboxylic acids is 1. The first-order valence-corrected chi connectivity index (χ1v) is 5.25. The number of nitrogens with one attached hydrogen (secondary N) is 1. The number of carbonyl (C=O) groups is 1. The van der Waals surface area contributed by atoms with Crippen LogP contribution in [0.5, 0.6) is 0 Å². The van der Waals surface area contributed by atoms with Gasteiger partial charge in [-0.15, -0.1) is 11.3 Å². The van der Waals surface area contributed by atoms with Gasteiger partial charge < -0.3 is 5.32 Å². The monoisotopic (exact) mass is 240 g/mol. The van der Waals surface area contributed by atoms with Crippen LogP contribution in [0, 0.1) is 0 Å². The molecule has 5 nitrogen and oxygen atoms in total. The van der Waals surface area contributed by atoms with Crippen LogP contribution in [0.15, 0.2) is 23.3 Å². The van der Waals surface area contributed by atoms with E-state index in [1.165, 1.54) is 23.7 Å². The average Bonchev–Trinajstić information content (AvgIpc) is 2.74. The van der Waals surface area contributed by atoms with Crippen molar-refractivity contribution in [2.45, 2.75) is 0 Å². The number of aromatic nitrogens is 3. The number of hydrogen-bond acceptors (Lipinski definition) is 5. The van der Waals surface area contributed by atoms with Crippen molar-refractivity contribution >= 4 is 34.7 Å². The second kappa shape index (κ2) is 4.33. The molecule has 0 bridgehead atoms. The van der Waals surface area contributed by atoms with Gasteiger partial charge in [0, 0.05) is 5.38 Å². The van der Waals surface area contributed by atoms with Crippen LogP contribution in [0.25, 0.3) is 0 Å². The first-order chi connectivity index (χ1) is 7.25. The summed E-state index contributed by atoms with van der Waals surface area (Å²) in [6.07, 6.45) is 2.74. The van der Waals surface area contributed by atoms with Gasteiger partial charge in [-0.1, -0.05) is 11.6 Å². The third kappa shape index (κ3) is 2.48. The normalized spacial score (nSPS) is 9.93. The molecule has 0 saturated heterocycles. The molecular formula is C8H5ClN4OS. The van der Waals surface area contributed by atoms with Gasteiger partial charge >= 0.3 is 0 Å². The summed E-state index contributed by atoms with van der Waals surface area (Å²) in [7, 11) is 0. The molecule has 0 fully saturated rings. The van der Waals surface area contributed by atoms with E-state index in [9.17, 15) is 4.79 Å². The minimum atomic E-state index is -0.312. The number of hydrogen-bond donors (Lipinski definition) is 1. The van der Waals surface area contributed by atoms with E-state index in [2.05, 4.69) is 20.3 Å². The number of anilines is 1. The van der Waals surface area contributed by atoms with E-state index < -0.39 is 0 Å². The van der Waals surface area contributed by atoms with Crippen molar-refractivity contribution in [1.82, 2.24) is 15.0 Å². The minimum absolute atomic E-state index is 0.279. The molecule has 0 aromatic carbocycles. The van der Waals surface area contributed by atoms with Crippen LogP contribution in [-0.4, -0.2) is 20.9 Å². The highest BCUT2D eigenvalue weighted by molar-refractivity contribution is 7.07. The van der Waals surface area contributed by atoms with Gasteiger partial charge in [-0.2, -0.15) is 0 Å². The van der Waals surface area contributed by atoms with Crippen LogP contribution < -0.4 is 5.32 Å². The Morgan fingerprint density at radius 3 is 2.80 bits per heavy atom. The van der Waals surface area contributed by atoms with E-state index in [1.807, 2.05) is 0 Å².